The summed E-state index contributed by atoms with van der Waals surface area (Å²) in [7, 11) is -3.62. The van der Waals surface area contributed by atoms with Crippen LogP contribution in [0.15, 0.2) is 53.4 Å². The fraction of sp³-hybridized carbons (Fsp3) is 0.350. The van der Waals surface area contributed by atoms with Crippen molar-refractivity contribution in [1.29, 1.82) is 0 Å². The van der Waals surface area contributed by atoms with Gasteiger partial charge in [-0.05, 0) is 42.8 Å². The van der Waals surface area contributed by atoms with Gasteiger partial charge in [0.2, 0.25) is 15.9 Å². The Bertz CT molecular complexity index is 970. The van der Waals surface area contributed by atoms with Gasteiger partial charge in [-0.15, -0.1) is 0 Å². The van der Waals surface area contributed by atoms with E-state index >= 15 is 0 Å². The van der Waals surface area contributed by atoms with E-state index in [0.717, 1.165) is 12.1 Å². The average molecular weight is 403 g/mol. The summed E-state index contributed by atoms with van der Waals surface area (Å²) in [6.45, 7) is 2.12. The number of nitrogens with zero attached hydrogens (tertiary/aromatic N) is 3. The normalized spacial score (nSPS) is 18.7. The van der Waals surface area contributed by atoms with E-state index in [1.54, 1.807) is 47.4 Å². The highest BCUT2D eigenvalue weighted by Crippen LogP contribution is 2.26. The van der Waals surface area contributed by atoms with Gasteiger partial charge in [-0.2, -0.15) is 4.31 Å². The number of carbonyl (C=O) groups is 1. The molecule has 0 atom stereocenters. The summed E-state index contributed by atoms with van der Waals surface area (Å²) >= 11 is 0. The molecule has 0 radical (unpaired) electrons. The molecule has 1 amide bonds. The molecule has 4 rings (SSSR count). The van der Waals surface area contributed by atoms with E-state index in [2.05, 4.69) is 0 Å². The van der Waals surface area contributed by atoms with E-state index in [0.29, 0.717) is 44.8 Å². The Morgan fingerprint density at radius 1 is 0.857 bits per heavy atom. The van der Waals surface area contributed by atoms with Crippen molar-refractivity contribution >= 4 is 27.3 Å². The predicted molar refractivity (Wildman–Crippen MR) is 105 cm³/mol. The number of rotatable bonds is 4. The van der Waals surface area contributed by atoms with Gasteiger partial charge in [0.15, 0.2) is 0 Å². The monoisotopic (exact) mass is 403 g/mol. The van der Waals surface area contributed by atoms with E-state index < -0.39 is 10.0 Å². The second-order valence-electron chi connectivity index (χ2n) is 6.99. The van der Waals surface area contributed by atoms with Gasteiger partial charge in [0.1, 0.15) is 5.82 Å². The third-order valence-electron chi connectivity index (χ3n) is 5.29. The number of para-hydroxylation sites is 1. The molecule has 28 heavy (non-hydrogen) atoms. The predicted octanol–water partition coefficient (Wildman–Crippen LogP) is 2.46. The quantitative estimate of drug-likeness (QED) is 0.787. The number of amides is 1. The van der Waals surface area contributed by atoms with Crippen LogP contribution in [-0.4, -0.2) is 51.4 Å². The second kappa shape index (κ2) is 7.52. The summed E-state index contributed by atoms with van der Waals surface area (Å²) < 4.78 is 41.3. The van der Waals surface area contributed by atoms with Gasteiger partial charge in [-0.1, -0.05) is 12.1 Å². The number of anilines is 2. The summed E-state index contributed by atoms with van der Waals surface area (Å²) in [5.41, 5.74) is 1.23. The number of halogens is 1. The minimum atomic E-state index is -3.62. The molecule has 0 N–H and O–H groups in total. The molecule has 2 heterocycles. The van der Waals surface area contributed by atoms with Crippen molar-refractivity contribution in [3.8, 4) is 0 Å². The maximum Gasteiger partial charge on any atom is 0.243 e. The maximum atomic E-state index is 14.0. The standard InChI is InChI=1S/C20H22FN3O3S/c21-18-4-1-2-5-19(18)22-12-14-23(15-13-22)28(26,27)17-9-7-16(8-10-17)24-11-3-6-20(24)25/h1-2,4-5,7-10H,3,6,11-15H2. The number of hydrogen-bond acceptors (Lipinski definition) is 4. The minimum absolute atomic E-state index is 0.0693. The van der Waals surface area contributed by atoms with Crippen LogP contribution >= 0.6 is 0 Å². The van der Waals surface area contributed by atoms with Crippen LogP contribution < -0.4 is 9.80 Å². The minimum Gasteiger partial charge on any atom is -0.367 e. The lowest BCUT2D eigenvalue weighted by molar-refractivity contribution is -0.117. The summed E-state index contributed by atoms with van der Waals surface area (Å²) in [6, 6.07) is 13.0. The third kappa shape index (κ3) is 3.49. The van der Waals surface area contributed by atoms with Gasteiger partial charge < -0.3 is 9.80 Å². The lowest BCUT2D eigenvalue weighted by Gasteiger charge is -2.35. The lowest BCUT2D eigenvalue weighted by Crippen LogP contribution is -2.48. The Balaban J connectivity index is 1.46. The van der Waals surface area contributed by atoms with Crippen LogP contribution in [0.1, 0.15) is 12.8 Å². The average Bonchev–Trinajstić information content (AvgIpc) is 3.14. The zero-order chi connectivity index (χ0) is 19.7. The van der Waals surface area contributed by atoms with Crippen LogP contribution in [0, 0.1) is 5.82 Å². The third-order valence-corrected chi connectivity index (χ3v) is 7.20. The Kier molecular flexibility index (Phi) is 5.07. The smallest absolute Gasteiger partial charge is 0.243 e. The molecule has 0 bridgehead atoms. The molecule has 0 aromatic heterocycles. The number of benzene rings is 2. The number of sulfonamides is 1. The summed E-state index contributed by atoms with van der Waals surface area (Å²) in [6.07, 6.45) is 1.36. The van der Waals surface area contributed by atoms with Crippen LogP contribution in [0.3, 0.4) is 0 Å². The van der Waals surface area contributed by atoms with E-state index in [1.165, 1.54) is 10.4 Å². The van der Waals surface area contributed by atoms with E-state index in [-0.39, 0.29) is 16.6 Å². The molecule has 2 aromatic rings. The number of hydrogen-bond donors (Lipinski definition) is 0. The molecule has 0 aliphatic carbocycles. The molecule has 0 spiro atoms. The molecule has 148 valence electrons. The van der Waals surface area contributed by atoms with Crippen molar-refractivity contribution in [2.24, 2.45) is 0 Å². The van der Waals surface area contributed by atoms with Gasteiger partial charge in [0.05, 0.1) is 10.6 Å². The number of piperazine rings is 1. The van der Waals surface area contributed by atoms with Gasteiger partial charge in [-0.3, -0.25) is 4.79 Å². The molecule has 8 heteroatoms. The lowest BCUT2D eigenvalue weighted by atomic mass is 10.2. The van der Waals surface area contributed by atoms with Crippen molar-refractivity contribution in [3.05, 3.63) is 54.3 Å². The highest BCUT2D eigenvalue weighted by atomic mass is 32.2. The first-order valence-electron chi connectivity index (χ1n) is 9.37. The van der Waals surface area contributed by atoms with Crippen molar-refractivity contribution in [2.45, 2.75) is 17.7 Å². The molecule has 2 fully saturated rings. The Morgan fingerprint density at radius 3 is 2.14 bits per heavy atom. The largest absolute Gasteiger partial charge is 0.367 e. The van der Waals surface area contributed by atoms with Gasteiger partial charge >= 0.3 is 0 Å². The molecule has 2 aliphatic rings. The summed E-state index contributed by atoms with van der Waals surface area (Å²) in [4.78, 5) is 15.6. The van der Waals surface area contributed by atoms with Crippen molar-refractivity contribution in [2.75, 3.05) is 42.5 Å². The number of carbonyl (C=O) groups excluding carboxylic acids is 1. The van der Waals surface area contributed by atoms with Crippen LogP contribution in [-0.2, 0) is 14.8 Å². The zero-order valence-corrected chi connectivity index (χ0v) is 16.2. The Morgan fingerprint density at radius 2 is 1.54 bits per heavy atom. The van der Waals surface area contributed by atoms with Crippen LogP contribution in [0.2, 0.25) is 0 Å². The maximum absolute atomic E-state index is 14.0. The summed E-state index contributed by atoms with van der Waals surface area (Å²) in [5.74, 6) is -0.231. The zero-order valence-electron chi connectivity index (χ0n) is 15.4. The molecular formula is C20H22FN3O3S. The van der Waals surface area contributed by atoms with Crippen LogP contribution in [0.4, 0.5) is 15.8 Å². The molecule has 2 aliphatic heterocycles. The molecule has 2 aromatic carbocycles. The van der Waals surface area contributed by atoms with Gasteiger partial charge in [0, 0.05) is 44.8 Å². The molecule has 6 nitrogen and oxygen atoms in total. The van der Waals surface area contributed by atoms with Crippen molar-refractivity contribution in [1.82, 2.24) is 4.31 Å². The second-order valence-corrected chi connectivity index (χ2v) is 8.92. The van der Waals surface area contributed by atoms with Crippen molar-refractivity contribution in [3.63, 3.8) is 0 Å². The first kappa shape index (κ1) is 18.9. The van der Waals surface area contributed by atoms with Gasteiger partial charge in [0.25, 0.3) is 0 Å². The highest BCUT2D eigenvalue weighted by molar-refractivity contribution is 7.89. The molecule has 0 saturated carbocycles. The highest BCUT2D eigenvalue weighted by Gasteiger charge is 2.30. The topological polar surface area (TPSA) is 60.9 Å². The fourth-order valence-corrected chi connectivity index (χ4v) is 5.17. The molecular weight excluding hydrogens is 381 g/mol. The SMILES string of the molecule is O=C1CCCN1c1ccc(S(=O)(=O)N2CCN(c3ccccc3F)CC2)cc1. The Labute approximate surface area is 164 Å². The fourth-order valence-electron chi connectivity index (χ4n) is 3.75. The molecule has 2 saturated heterocycles. The van der Waals surface area contributed by atoms with Gasteiger partial charge in [-0.25, -0.2) is 12.8 Å². The Hall–Kier alpha value is -2.45. The van der Waals surface area contributed by atoms with E-state index in [1.807, 2.05) is 4.90 Å². The van der Waals surface area contributed by atoms with Crippen molar-refractivity contribution < 1.29 is 17.6 Å². The van der Waals surface area contributed by atoms with Crippen LogP contribution in [0.25, 0.3) is 0 Å². The first-order valence-corrected chi connectivity index (χ1v) is 10.8. The van der Waals surface area contributed by atoms with Crippen LogP contribution in [0.5, 0.6) is 0 Å². The summed E-state index contributed by atoms with van der Waals surface area (Å²) in [5, 5.41) is 0. The van der Waals surface area contributed by atoms with E-state index in [9.17, 15) is 17.6 Å². The molecule has 0 unspecified atom stereocenters. The van der Waals surface area contributed by atoms with E-state index in [4.69, 9.17) is 0 Å². The first-order chi connectivity index (χ1) is 13.5.